The largest absolute Gasteiger partial charge is 0.452 e. The minimum atomic E-state index is 0.552. The number of nitrogens with one attached hydrogen (secondary N) is 1. The predicted octanol–water partition coefficient (Wildman–Crippen LogP) is 9.99. The van der Waals surface area contributed by atoms with Gasteiger partial charge in [0.1, 0.15) is 27.8 Å². The summed E-state index contributed by atoms with van der Waals surface area (Å²) in [6, 6.07) is 42.3. The van der Waals surface area contributed by atoms with Crippen LogP contribution in [0.25, 0.3) is 104 Å². The lowest BCUT2D eigenvalue weighted by Gasteiger charge is -2.02. The van der Waals surface area contributed by atoms with Crippen molar-refractivity contribution in [2.45, 2.75) is 0 Å². The fraction of sp³-hybridized carbons (Fsp3) is 0. The highest BCUT2D eigenvalue weighted by Crippen LogP contribution is 2.38. The molecular formula is C39H21N5O. The normalized spacial score (nSPS) is 12.4. The van der Waals surface area contributed by atoms with Gasteiger partial charge in [-0.1, -0.05) is 84.9 Å². The molecule has 6 nitrogen and oxygen atoms in total. The number of para-hydroxylation sites is 4. The number of fused-ring (bicyclic) bond motifs is 17. The first kappa shape index (κ1) is 23.2. The molecule has 0 saturated heterocycles. The van der Waals surface area contributed by atoms with Gasteiger partial charge in [-0.3, -0.25) is 4.40 Å². The minimum Gasteiger partial charge on any atom is -0.452 e. The van der Waals surface area contributed by atoms with Crippen molar-refractivity contribution in [1.29, 1.82) is 0 Å². The fourth-order valence-corrected chi connectivity index (χ4v) is 7.33. The van der Waals surface area contributed by atoms with E-state index in [1.807, 2.05) is 30.3 Å². The molecule has 0 radical (unpaired) electrons. The molecule has 11 rings (SSSR count). The molecule has 6 heteroatoms. The summed E-state index contributed by atoms with van der Waals surface area (Å²) in [4.78, 5) is 19.4. The van der Waals surface area contributed by atoms with Crippen molar-refractivity contribution in [2.24, 2.45) is 0 Å². The molecule has 11 aromatic rings. The molecule has 1 N–H and O–H groups in total. The van der Waals surface area contributed by atoms with Gasteiger partial charge in [-0.2, -0.15) is 0 Å². The zero-order chi connectivity index (χ0) is 29.2. The summed E-state index contributed by atoms with van der Waals surface area (Å²) in [6.07, 6.45) is 0. The van der Waals surface area contributed by atoms with Gasteiger partial charge in [-0.25, -0.2) is 15.0 Å². The summed E-state index contributed by atoms with van der Waals surface area (Å²) < 4.78 is 8.75. The molecular weight excluding hydrogens is 554 g/mol. The van der Waals surface area contributed by atoms with E-state index in [0.29, 0.717) is 16.7 Å². The van der Waals surface area contributed by atoms with Gasteiger partial charge < -0.3 is 9.40 Å². The highest BCUT2D eigenvalue weighted by atomic mass is 16.3. The summed E-state index contributed by atoms with van der Waals surface area (Å²) in [5.41, 5.74) is 9.32. The molecule has 208 valence electrons. The lowest BCUT2D eigenvalue weighted by Crippen LogP contribution is -1.91. The smallest absolute Gasteiger partial charge is 0.180 e. The van der Waals surface area contributed by atoms with Gasteiger partial charge >= 0.3 is 0 Å². The number of rotatable bonds is 0. The van der Waals surface area contributed by atoms with Gasteiger partial charge in [0.25, 0.3) is 0 Å². The van der Waals surface area contributed by atoms with E-state index >= 15 is 0 Å². The summed E-state index contributed by atoms with van der Waals surface area (Å²) in [7, 11) is 0. The molecule has 0 unspecified atom stereocenters. The zero-order valence-electron chi connectivity index (χ0n) is 23.7. The van der Waals surface area contributed by atoms with Crippen molar-refractivity contribution < 1.29 is 4.42 Å². The topological polar surface area (TPSA) is 72.0 Å². The Kier molecular flexibility index (Phi) is 4.24. The maximum atomic E-state index is 6.50. The number of pyridine rings is 1. The van der Waals surface area contributed by atoms with Gasteiger partial charge in [0, 0.05) is 37.7 Å². The van der Waals surface area contributed by atoms with E-state index in [1.54, 1.807) is 0 Å². The SMILES string of the molecule is c1ccc2c(c1)oc1c2nc2nc1c1cccc3c4cccc(c5ccc6c7ccccc7n(c7cccc2n7)c6c5)c4[nH]c31. The molecule has 0 atom stereocenters. The molecule has 0 fully saturated rings. The van der Waals surface area contributed by atoms with Crippen LogP contribution in [0.1, 0.15) is 0 Å². The molecule has 6 heterocycles. The average molecular weight is 576 g/mol. The third kappa shape index (κ3) is 3.00. The van der Waals surface area contributed by atoms with E-state index in [1.165, 1.54) is 16.2 Å². The Hall–Kier alpha value is -6.27. The van der Waals surface area contributed by atoms with E-state index in [9.17, 15) is 0 Å². The first-order valence-electron chi connectivity index (χ1n) is 15.0. The molecule has 5 aromatic carbocycles. The first-order valence-corrected chi connectivity index (χ1v) is 15.0. The molecule has 8 bridgehead atoms. The van der Waals surface area contributed by atoms with Gasteiger partial charge in [-0.15, -0.1) is 0 Å². The Bertz CT molecular complexity index is 3110. The highest BCUT2D eigenvalue weighted by Gasteiger charge is 2.17. The van der Waals surface area contributed by atoms with Crippen LogP contribution in [0.3, 0.4) is 0 Å². The van der Waals surface area contributed by atoms with E-state index in [4.69, 9.17) is 19.4 Å². The van der Waals surface area contributed by atoms with Gasteiger partial charge in [0.05, 0.1) is 22.1 Å². The van der Waals surface area contributed by atoms with Crippen LogP contribution in [0.2, 0.25) is 0 Å². The van der Waals surface area contributed by atoms with Crippen LogP contribution in [0.4, 0.5) is 0 Å². The quantitative estimate of drug-likeness (QED) is 0.195. The second kappa shape index (κ2) is 8.21. The Balaban J connectivity index is 1.51. The van der Waals surface area contributed by atoms with E-state index in [2.05, 4.69) is 100 Å². The van der Waals surface area contributed by atoms with Crippen LogP contribution in [-0.2, 0) is 0 Å². The number of hydrogen-bond acceptors (Lipinski definition) is 4. The van der Waals surface area contributed by atoms with Crippen LogP contribution < -0.4 is 0 Å². The maximum absolute atomic E-state index is 6.50. The lowest BCUT2D eigenvalue weighted by atomic mass is 10.1. The number of aromatic nitrogens is 5. The molecule has 0 aliphatic carbocycles. The van der Waals surface area contributed by atoms with E-state index in [0.717, 1.165) is 71.3 Å². The van der Waals surface area contributed by atoms with Crippen molar-refractivity contribution in [3.8, 4) is 0 Å². The van der Waals surface area contributed by atoms with Crippen molar-refractivity contribution in [3.63, 3.8) is 0 Å². The third-order valence-corrected chi connectivity index (χ3v) is 9.32. The Morgan fingerprint density at radius 1 is 0.511 bits per heavy atom. The van der Waals surface area contributed by atoms with Crippen LogP contribution in [-0.4, -0.2) is 24.3 Å². The summed E-state index contributed by atoms with van der Waals surface area (Å²) in [5.74, 6) is 0. The predicted molar refractivity (Wildman–Crippen MR) is 184 cm³/mol. The Labute approximate surface area is 253 Å². The molecule has 0 aliphatic rings. The number of aromatic amines is 1. The Morgan fingerprint density at radius 3 is 2.07 bits per heavy atom. The first-order chi connectivity index (χ1) is 22.3. The van der Waals surface area contributed by atoms with Crippen LogP contribution in [0, 0.1) is 0 Å². The average Bonchev–Trinajstić information content (AvgIpc) is 3.77. The molecule has 0 aliphatic heterocycles. The van der Waals surface area contributed by atoms with E-state index in [-0.39, 0.29) is 0 Å². The van der Waals surface area contributed by atoms with Crippen LogP contribution in [0.15, 0.2) is 126 Å². The van der Waals surface area contributed by atoms with Crippen molar-refractivity contribution in [3.05, 3.63) is 121 Å². The lowest BCUT2D eigenvalue weighted by molar-refractivity contribution is 0.671. The zero-order valence-corrected chi connectivity index (χ0v) is 23.7. The monoisotopic (exact) mass is 575 g/mol. The number of nitrogens with zero attached hydrogens (tertiary/aromatic N) is 4. The third-order valence-electron chi connectivity index (χ3n) is 9.32. The van der Waals surface area contributed by atoms with Crippen molar-refractivity contribution in [2.75, 3.05) is 0 Å². The van der Waals surface area contributed by atoms with Crippen LogP contribution in [0.5, 0.6) is 0 Å². The number of hydrogen-bond donors (Lipinski definition) is 1. The fourth-order valence-electron chi connectivity index (χ4n) is 7.33. The second-order valence-electron chi connectivity index (χ2n) is 11.7. The van der Waals surface area contributed by atoms with Crippen molar-refractivity contribution >= 4 is 104 Å². The number of furan rings is 1. The van der Waals surface area contributed by atoms with Crippen molar-refractivity contribution in [1.82, 2.24) is 24.3 Å². The maximum Gasteiger partial charge on any atom is 0.180 e. The summed E-state index contributed by atoms with van der Waals surface area (Å²) in [5, 5.41) is 8.86. The van der Waals surface area contributed by atoms with Gasteiger partial charge in [0.15, 0.2) is 11.2 Å². The number of H-pyrrole nitrogens is 1. The number of benzene rings is 5. The molecule has 0 spiro atoms. The standard InChI is InChI=1S/C39H21N5O/c1-3-15-30-23(8-1)24-19-18-21-20-31(24)44(30)33-17-7-14-29(40-33)39-42-36-27-9-2-4-16-32(27)45-38(36)37(43-39)28-13-6-12-26-25-11-5-10-22(21)34(25)41-35(26)28/h1-20,41H. The highest BCUT2D eigenvalue weighted by molar-refractivity contribution is 6.24. The molecule has 6 aromatic heterocycles. The molecule has 0 amide bonds. The minimum absolute atomic E-state index is 0.552. The van der Waals surface area contributed by atoms with Gasteiger partial charge in [0.2, 0.25) is 0 Å². The van der Waals surface area contributed by atoms with Gasteiger partial charge in [-0.05, 0) is 41.8 Å². The van der Waals surface area contributed by atoms with E-state index < -0.39 is 0 Å². The molecule has 45 heavy (non-hydrogen) atoms. The second-order valence-corrected chi connectivity index (χ2v) is 11.7. The molecule has 0 saturated carbocycles. The summed E-state index contributed by atoms with van der Waals surface area (Å²) >= 11 is 0. The summed E-state index contributed by atoms with van der Waals surface area (Å²) in [6.45, 7) is 0. The van der Waals surface area contributed by atoms with Crippen LogP contribution >= 0.6 is 0 Å². The Morgan fingerprint density at radius 2 is 1.18 bits per heavy atom.